The average Bonchev–Trinajstić information content (AvgIpc) is 2.24. The van der Waals surface area contributed by atoms with E-state index in [9.17, 15) is 14.4 Å². The van der Waals surface area contributed by atoms with Gasteiger partial charge in [-0.1, -0.05) is 34.8 Å². The Balaban J connectivity index is 2.48. The monoisotopic (exact) mass is 306 g/mol. The van der Waals surface area contributed by atoms with Gasteiger partial charge < -0.3 is 0 Å². The van der Waals surface area contributed by atoms with Crippen molar-refractivity contribution in [2.24, 2.45) is 0 Å². The van der Waals surface area contributed by atoms with Crippen molar-refractivity contribution in [3.8, 4) is 0 Å². The Bertz CT molecular complexity index is 554. The molecule has 1 aromatic carbocycles. The second-order valence-electron chi connectivity index (χ2n) is 3.48. The SMILES string of the molecule is O=C1CC(=O)N(c2cc(Cl)c(Cl)cc2Cl)C(=O)N1. The van der Waals surface area contributed by atoms with Crippen molar-refractivity contribution < 1.29 is 14.4 Å². The van der Waals surface area contributed by atoms with Crippen LogP contribution >= 0.6 is 34.8 Å². The molecule has 1 heterocycles. The van der Waals surface area contributed by atoms with Gasteiger partial charge in [0.25, 0.3) is 0 Å². The van der Waals surface area contributed by atoms with Crippen LogP contribution in [0.25, 0.3) is 0 Å². The summed E-state index contributed by atoms with van der Waals surface area (Å²) >= 11 is 17.4. The molecule has 18 heavy (non-hydrogen) atoms. The quantitative estimate of drug-likeness (QED) is 0.640. The summed E-state index contributed by atoms with van der Waals surface area (Å²) < 4.78 is 0. The topological polar surface area (TPSA) is 66.5 Å². The fraction of sp³-hybridized carbons (Fsp3) is 0.100. The highest BCUT2D eigenvalue weighted by atomic mass is 35.5. The summed E-state index contributed by atoms with van der Waals surface area (Å²) in [5.41, 5.74) is 0.0843. The fourth-order valence-corrected chi connectivity index (χ4v) is 2.10. The minimum absolute atomic E-state index is 0.0843. The van der Waals surface area contributed by atoms with Crippen molar-refractivity contribution in [3.63, 3.8) is 0 Å². The number of carbonyl (C=O) groups excluding carboxylic acids is 3. The predicted octanol–water partition coefficient (Wildman–Crippen LogP) is 2.62. The van der Waals surface area contributed by atoms with Gasteiger partial charge in [-0.25, -0.2) is 9.69 Å². The maximum Gasteiger partial charge on any atom is 0.335 e. The number of rotatable bonds is 1. The number of nitrogens with one attached hydrogen (secondary N) is 1. The summed E-state index contributed by atoms with van der Waals surface area (Å²) in [6.45, 7) is 0. The molecule has 0 aromatic heterocycles. The maximum atomic E-state index is 11.7. The Morgan fingerprint density at radius 2 is 1.61 bits per heavy atom. The van der Waals surface area contributed by atoms with E-state index >= 15 is 0 Å². The molecule has 1 aromatic rings. The van der Waals surface area contributed by atoms with E-state index in [1.807, 2.05) is 5.32 Å². The van der Waals surface area contributed by atoms with Gasteiger partial charge in [-0.3, -0.25) is 14.9 Å². The zero-order valence-electron chi connectivity index (χ0n) is 8.67. The summed E-state index contributed by atoms with van der Waals surface area (Å²) in [4.78, 5) is 35.0. The standard InChI is InChI=1S/C10H5Cl3N2O3/c11-4-1-6(13)7(2-5(4)12)15-9(17)3-8(16)14-10(15)18/h1-2H,3H2,(H,14,16,18). The molecule has 1 N–H and O–H groups in total. The number of carbonyl (C=O) groups is 3. The third-order valence-corrected chi connectivity index (χ3v) is 3.27. The van der Waals surface area contributed by atoms with Crippen LogP contribution in [-0.4, -0.2) is 17.8 Å². The molecule has 0 aliphatic carbocycles. The van der Waals surface area contributed by atoms with E-state index in [2.05, 4.69) is 0 Å². The molecule has 0 atom stereocenters. The van der Waals surface area contributed by atoms with Gasteiger partial charge in [-0.05, 0) is 12.1 Å². The van der Waals surface area contributed by atoms with Gasteiger partial charge in [0.2, 0.25) is 11.8 Å². The first-order valence-corrected chi connectivity index (χ1v) is 5.85. The number of benzene rings is 1. The van der Waals surface area contributed by atoms with Gasteiger partial charge in [-0.2, -0.15) is 0 Å². The predicted molar refractivity (Wildman–Crippen MR) is 67.1 cm³/mol. The Hall–Kier alpha value is -1.30. The largest absolute Gasteiger partial charge is 0.335 e. The number of hydrogen-bond donors (Lipinski definition) is 1. The first kappa shape index (κ1) is 13.1. The maximum absolute atomic E-state index is 11.7. The van der Waals surface area contributed by atoms with Crippen LogP contribution in [0.15, 0.2) is 12.1 Å². The van der Waals surface area contributed by atoms with E-state index in [1.165, 1.54) is 12.1 Å². The number of barbiturate groups is 1. The van der Waals surface area contributed by atoms with Crippen LogP contribution in [0.1, 0.15) is 6.42 Å². The number of urea groups is 1. The number of hydrogen-bond acceptors (Lipinski definition) is 3. The normalized spacial score (nSPS) is 15.9. The number of halogens is 3. The van der Waals surface area contributed by atoms with Crippen LogP contribution in [0.5, 0.6) is 0 Å². The molecule has 1 saturated heterocycles. The van der Waals surface area contributed by atoms with Gasteiger partial charge in [0.05, 0.1) is 20.8 Å². The van der Waals surface area contributed by atoms with E-state index in [-0.39, 0.29) is 20.8 Å². The molecule has 0 saturated carbocycles. The van der Waals surface area contributed by atoms with Crippen molar-refractivity contribution >= 4 is 58.3 Å². The third kappa shape index (κ3) is 2.29. The molecular formula is C10H5Cl3N2O3. The highest BCUT2D eigenvalue weighted by Crippen LogP contribution is 2.35. The van der Waals surface area contributed by atoms with Gasteiger partial charge in [-0.15, -0.1) is 0 Å². The molecule has 4 amide bonds. The first-order chi connectivity index (χ1) is 8.40. The summed E-state index contributed by atoms with van der Waals surface area (Å²) in [5, 5.41) is 2.44. The smallest absolute Gasteiger partial charge is 0.277 e. The molecule has 8 heteroatoms. The third-order valence-electron chi connectivity index (χ3n) is 2.24. The van der Waals surface area contributed by atoms with Crippen molar-refractivity contribution in [2.45, 2.75) is 6.42 Å². The molecule has 1 aliphatic heterocycles. The molecule has 94 valence electrons. The minimum Gasteiger partial charge on any atom is -0.277 e. The van der Waals surface area contributed by atoms with Gasteiger partial charge in [0, 0.05) is 0 Å². The molecule has 0 unspecified atom stereocenters. The first-order valence-electron chi connectivity index (χ1n) is 4.71. The summed E-state index contributed by atoms with van der Waals surface area (Å²) in [5.74, 6) is -1.33. The summed E-state index contributed by atoms with van der Waals surface area (Å²) in [6, 6.07) is 1.74. The van der Waals surface area contributed by atoms with Gasteiger partial charge >= 0.3 is 6.03 Å². The minimum atomic E-state index is -0.864. The van der Waals surface area contributed by atoms with E-state index in [1.54, 1.807) is 0 Å². The van der Waals surface area contributed by atoms with Crippen LogP contribution in [0.3, 0.4) is 0 Å². The molecule has 1 fully saturated rings. The lowest BCUT2D eigenvalue weighted by Gasteiger charge is -2.25. The average molecular weight is 308 g/mol. The Kier molecular flexibility index (Phi) is 3.47. The van der Waals surface area contributed by atoms with Crippen LogP contribution in [0, 0.1) is 0 Å². The fourth-order valence-electron chi connectivity index (χ4n) is 1.48. The van der Waals surface area contributed by atoms with Gasteiger partial charge in [0.15, 0.2) is 0 Å². The van der Waals surface area contributed by atoms with Crippen LogP contribution in [0.4, 0.5) is 10.5 Å². The number of imide groups is 2. The van der Waals surface area contributed by atoms with E-state index < -0.39 is 24.3 Å². The van der Waals surface area contributed by atoms with Crippen LogP contribution in [-0.2, 0) is 9.59 Å². The molecule has 0 spiro atoms. The second kappa shape index (κ2) is 4.76. The number of anilines is 1. The molecule has 0 bridgehead atoms. The van der Waals surface area contributed by atoms with E-state index in [4.69, 9.17) is 34.8 Å². The van der Waals surface area contributed by atoms with Crippen LogP contribution < -0.4 is 10.2 Å². The van der Waals surface area contributed by atoms with Gasteiger partial charge in [0.1, 0.15) is 6.42 Å². The molecule has 2 rings (SSSR count). The Morgan fingerprint density at radius 1 is 1.00 bits per heavy atom. The second-order valence-corrected chi connectivity index (χ2v) is 4.70. The summed E-state index contributed by atoms with van der Waals surface area (Å²) in [7, 11) is 0. The lowest BCUT2D eigenvalue weighted by molar-refractivity contribution is -0.128. The number of nitrogens with zero attached hydrogens (tertiary/aromatic N) is 1. The lowest BCUT2D eigenvalue weighted by Crippen LogP contribution is -2.53. The molecule has 1 aliphatic rings. The molecular weight excluding hydrogens is 302 g/mol. The van der Waals surface area contributed by atoms with Crippen LogP contribution in [0.2, 0.25) is 15.1 Å². The highest BCUT2D eigenvalue weighted by molar-refractivity contribution is 6.44. The Morgan fingerprint density at radius 3 is 2.22 bits per heavy atom. The zero-order valence-corrected chi connectivity index (χ0v) is 10.9. The van der Waals surface area contributed by atoms with Crippen molar-refractivity contribution in [1.82, 2.24) is 5.32 Å². The van der Waals surface area contributed by atoms with Crippen molar-refractivity contribution in [3.05, 3.63) is 27.2 Å². The molecule has 5 nitrogen and oxygen atoms in total. The van der Waals surface area contributed by atoms with E-state index in [0.717, 1.165) is 4.90 Å². The molecule has 0 radical (unpaired) electrons. The zero-order chi connectivity index (χ0) is 13.4. The number of amides is 4. The Labute approximate surface area is 117 Å². The van der Waals surface area contributed by atoms with Crippen molar-refractivity contribution in [2.75, 3.05) is 4.90 Å². The van der Waals surface area contributed by atoms with Crippen molar-refractivity contribution in [1.29, 1.82) is 0 Å². The summed E-state index contributed by atoms with van der Waals surface area (Å²) in [6.07, 6.45) is -0.428. The highest BCUT2D eigenvalue weighted by Gasteiger charge is 2.33. The lowest BCUT2D eigenvalue weighted by atomic mass is 10.2. The van der Waals surface area contributed by atoms with E-state index in [0.29, 0.717) is 0 Å².